The highest BCUT2D eigenvalue weighted by Gasteiger charge is 2.27. The molecule has 94 valence electrons. The SMILES string of the molecule is CCCn1ncnc1CC(=O)C1CCC(C)C1. The monoisotopic (exact) mass is 235 g/mol. The van der Waals surface area contributed by atoms with Crippen molar-refractivity contribution in [3.05, 3.63) is 12.2 Å². The van der Waals surface area contributed by atoms with Crippen LogP contribution in [0.5, 0.6) is 0 Å². The molecule has 0 saturated heterocycles. The molecule has 1 fully saturated rings. The van der Waals surface area contributed by atoms with Crippen molar-refractivity contribution < 1.29 is 4.79 Å². The van der Waals surface area contributed by atoms with E-state index < -0.39 is 0 Å². The first kappa shape index (κ1) is 12.3. The van der Waals surface area contributed by atoms with Crippen LogP contribution in [0.15, 0.2) is 6.33 Å². The molecule has 1 aromatic rings. The zero-order valence-corrected chi connectivity index (χ0v) is 10.7. The quantitative estimate of drug-likeness (QED) is 0.786. The Bertz CT molecular complexity index is 386. The largest absolute Gasteiger partial charge is 0.299 e. The summed E-state index contributed by atoms with van der Waals surface area (Å²) in [7, 11) is 0. The van der Waals surface area contributed by atoms with Crippen molar-refractivity contribution in [1.82, 2.24) is 14.8 Å². The molecule has 0 N–H and O–H groups in total. The summed E-state index contributed by atoms with van der Waals surface area (Å²) >= 11 is 0. The van der Waals surface area contributed by atoms with Crippen LogP contribution < -0.4 is 0 Å². The van der Waals surface area contributed by atoms with Gasteiger partial charge in [0, 0.05) is 12.5 Å². The Labute approximate surface area is 102 Å². The van der Waals surface area contributed by atoms with Crippen molar-refractivity contribution >= 4 is 5.78 Å². The molecule has 1 aromatic heterocycles. The van der Waals surface area contributed by atoms with Gasteiger partial charge < -0.3 is 0 Å². The number of hydrogen-bond acceptors (Lipinski definition) is 3. The molecule has 0 bridgehead atoms. The van der Waals surface area contributed by atoms with E-state index in [1.807, 2.05) is 4.68 Å². The molecule has 0 radical (unpaired) electrons. The third kappa shape index (κ3) is 2.93. The lowest BCUT2D eigenvalue weighted by Gasteiger charge is -2.08. The van der Waals surface area contributed by atoms with Gasteiger partial charge in [0.1, 0.15) is 17.9 Å². The zero-order chi connectivity index (χ0) is 12.3. The lowest BCUT2D eigenvalue weighted by Crippen LogP contribution is -2.17. The van der Waals surface area contributed by atoms with Crippen LogP contribution in [0, 0.1) is 11.8 Å². The van der Waals surface area contributed by atoms with Crippen LogP contribution in [0.4, 0.5) is 0 Å². The molecule has 1 saturated carbocycles. The fourth-order valence-electron chi connectivity index (χ4n) is 2.62. The second-order valence-corrected chi connectivity index (χ2v) is 5.16. The lowest BCUT2D eigenvalue weighted by molar-refractivity contribution is -0.122. The molecule has 4 nitrogen and oxygen atoms in total. The van der Waals surface area contributed by atoms with Gasteiger partial charge in [0.15, 0.2) is 0 Å². The molecule has 0 aromatic carbocycles. The summed E-state index contributed by atoms with van der Waals surface area (Å²) in [5.74, 6) is 2.14. The van der Waals surface area contributed by atoms with E-state index in [0.29, 0.717) is 18.1 Å². The van der Waals surface area contributed by atoms with E-state index >= 15 is 0 Å². The van der Waals surface area contributed by atoms with E-state index in [-0.39, 0.29) is 5.92 Å². The topological polar surface area (TPSA) is 47.8 Å². The number of hydrogen-bond donors (Lipinski definition) is 0. The molecule has 0 spiro atoms. The second kappa shape index (κ2) is 5.43. The minimum absolute atomic E-state index is 0.261. The maximum Gasteiger partial charge on any atom is 0.143 e. The van der Waals surface area contributed by atoms with Crippen LogP contribution in [-0.4, -0.2) is 20.5 Å². The first-order valence-corrected chi connectivity index (χ1v) is 6.60. The highest BCUT2D eigenvalue weighted by Crippen LogP contribution is 2.31. The molecule has 2 rings (SSSR count). The fourth-order valence-corrected chi connectivity index (χ4v) is 2.62. The number of ketones is 1. The predicted molar refractivity (Wildman–Crippen MR) is 65.5 cm³/mol. The van der Waals surface area contributed by atoms with Crippen LogP contribution >= 0.6 is 0 Å². The number of carbonyl (C=O) groups excluding carboxylic acids is 1. The molecule has 17 heavy (non-hydrogen) atoms. The van der Waals surface area contributed by atoms with Crippen molar-refractivity contribution in [1.29, 1.82) is 0 Å². The van der Waals surface area contributed by atoms with Gasteiger partial charge in [-0.3, -0.25) is 4.79 Å². The molecule has 1 aliphatic rings. The first-order chi connectivity index (χ1) is 8.20. The summed E-state index contributed by atoms with van der Waals surface area (Å²) < 4.78 is 1.86. The third-order valence-electron chi connectivity index (χ3n) is 3.61. The number of aryl methyl sites for hydroxylation is 1. The van der Waals surface area contributed by atoms with Crippen LogP contribution in [0.25, 0.3) is 0 Å². The van der Waals surface area contributed by atoms with Crippen LogP contribution in [0.2, 0.25) is 0 Å². The Morgan fingerprint density at radius 1 is 1.53 bits per heavy atom. The molecule has 1 aliphatic carbocycles. The van der Waals surface area contributed by atoms with E-state index in [2.05, 4.69) is 23.9 Å². The van der Waals surface area contributed by atoms with E-state index in [1.54, 1.807) is 6.33 Å². The Morgan fingerprint density at radius 3 is 3.00 bits per heavy atom. The van der Waals surface area contributed by atoms with Crippen molar-refractivity contribution in [2.45, 2.75) is 52.5 Å². The molecular weight excluding hydrogens is 214 g/mol. The maximum absolute atomic E-state index is 12.1. The number of carbonyl (C=O) groups is 1. The smallest absolute Gasteiger partial charge is 0.143 e. The summed E-state index contributed by atoms with van der Waals surface area (Å²) in [5, 5.41) is 4.15. The average molecular weight is 235 g/mol. The zero-order valence-electron chi connectivity index (χ0n) is 10.7. The van der Waals surface area contributed by atoms with Gasteiger partial charge in [-0.25, -0.2) is 9.67 Å². The van der Waals surface area contributed by atoms with Gasteiger partial charge in [-0.15, -0.1) is 0 Å². The first-order valence-electron chi connectivity index (χ1n) is 6.60. The van der Waals surface area contributed by atoms with Crippen LogP contribution in [0.3, 0.4) is 0 Å². The number of nitrogens with zero attached hydrogens (tertiary/aromatic N) is 3. The van der Waals surface area contributed by atoms with Gasteiger partial charge in [0.05, 0.1) is 6.42 Å². The predicted octanol–water partition coefficient (Wildman–Crippen LogP) is 2.24. The van der Waals surface area contributed by atoms with Gasteiger partial charge in [-0.1, -0.05) is 13.8 Å². The minimum Gasteiger partial charge on any atom is -0.299 e. The second-order valence-electron chi connectivity index (χ2n) is 5.16. The summed E-state index contributed by atoms with van der Waals surface area (Å²) in [5.41, 5.74) is 0. The number of Topliss-reactive ketones (excluding diaryl/α,β-unsaturated/α-hetero) is 1. The van der Waals surface area contributed by atoms with Crippen molar-refractivity contribution in [3.63, 3.8) is 0 Å². The van der Waals surface area contributed by atoms with Crippen molar-refractivity contribution in [2.75, 3.05) is 0 Å². The van der Waals surface area contributed by atoms with Gasteiger partial charge in [-0.2, -0.15) is 5.10 Å². The summed E-state index contributed by atoms with van der Waals surface area (Å²) in [6, 6.07) is 0. The maximum atomic E-state index is 12.1. The highest BCUT2D eigenvalue weighted by molar-refractivity contribution is 5.82. The summed E-state index contributed by atoms with van der Waals surface area (Å²) in [6.45, 7) is 5.18. The van der Waals surface area contributed by atoms with Crippen molar-refractivity contribution in [2.24, 2.45) is 11.8 Å². The number of rotatable bonds is 5. The van der Waals surface area contributed by atoms with Gasteiger partial charge in [0.25, 0.3) is 0 Å². The highest BCUT2D eigenvalue weighted by atomic mass is 16.1. The Kier molecular flexibility index (Phi) is 3.92. The lowest BCUT2D eigenvalue weighted by atomic mass is 9.98. The van der Waals surface area contributed by atoms with E-state index in [0.717, 1.165) is 31.6 Å². The molecule has 1 heterocycles. The van der Waals surface area contributed by atoms with E-state index in [9.17, 15) is 4.79 Å². The molecule has 0 aliphatic heterocycles. The van der Waals surface area contributed by atoms with Gasteiger partial charge in [0.2, 0.25) is 0 Å². The molecule has 2 unspecified atom stereocenters. The summed E-state index contributed by atoms with van der Waals surface area (Å²) in [6.07, 6.45) is 6.33. The third-order valence-corrected chi connectivity index (χ3v) is 3.61. The van der Waals surface area contributed by atoms with Gasteiger partial charge >= 0.3 is 0 Å². The Morgan fingerprint density at radius 2 is 2.35 bits per heavy atom. The molecule has 2 atom stereocenters. The molecule has 0 amide bonds. The normalized spacial score (nSPS) is 24.1. The van der Waals surface area contributed by atoms with E-state index in [4.69, 9.17) is 0 Å². The Hall–Kier alpha value is -1.19. The van der Waals surface area contributed by atoms with E-state index in [1.165, 1.54) is 6.42 Å². The van der Waals surface area contributed by atoms with Gasteiger partial charge in [-0.05, 0) is 31.6 Å². The van der Waals surface area contributed by atoms with Crippen molar-refractivity contribution in [3.8, 4) is 0 Å². The molecule has 4 heteroatoms. The van der Waals surface area contributed by atoms with Crippen LogP contribution in [-0.2, 0) is 17.8 Å². The van der Waals surface area contributed by atoms with Crippen LogP contribution in [0.1, 0.15) is 45.4 Å². The summed E-state index contributed by atoms with van der Waals surface area (Å²) in [4.78, 5) is 16.3. The fraction of sp³-hybridized carbons (Fsp3) is 0.769. The molecular formula is C13H21N3O. The number of aromatic nitrogens is 3. The average Bonchev–Trinajstić information content (AvgIpc) is 2.89. The minimum atomic E-state index is 0.261. The standard InChI is InChI=1S/C13H21N3O/c1-3-6-16-13(14-9-15-16)8-12(17)11-5-4-10(2)7-11/h9-11H,3-8H2,1-2H3. The Balaban J connectivity index is 1.95.